The molecular weight excluding hydrogens is 407 g/mol. The fourth-order valence-corrected chi connectivity index (χ4v) is 8.88. The van der Waals surface area contributed by atoms with Gasteiger partial charge in [0.15, 0.2) is 5.78 Å². The maximum absolute atomic E-state index is 13.7. The van der Waals surface area contributed by atoms with E-state index in [1.807, 2.05) is 12.1 Å². The molecular formula is C25H39N2O3P. The van der Waals surface area contributed by atoms with Gasteiger partial charge >= 0.3 is 0 Å². The molecule has 0 bridgehead atoms. The molecule has 0 aliphatic carbocycles. The number of unbranched alkanes of at least 4 members (excludes halogenated alkanes) is 3. The van der Waals surface area contributed by atoms with Crippen LogP contribution in [0.5, 0.6) is 5.75 Å². The number of ketones is 1. The van der Waals surface area contributed by atoms with Crippen LogP contribution >= 0.6 is 6.89 Å². The molecule has 0 spiro atoms. The largest absolute Gasteiger partial charge is 0.495 e. The normalized spacial score (nSPS) is 12.0. The van der Waals surface area contributed by atoms with Crippen LogP contribution in [0.4, 0.5) is 5.69 Å². The van der Waals surface area contributed by atoms with Crippen LogP contribution in [0, 0.1) is 6.57 Å². The second-order valence-corrected chi connectivity index (χ2v) is 12.1. The standard InChI is InChI=1S/C25H39N2O3P/c1-7-10-17-31(18-11-8-2,19-12-9-3)25(26-5)24(29)21(4)27(20-28)22-15-13-14-16-23(22)30-6/h13-16,20-21H,7-12,17-19H2,1-4,6H3. The Balaban J connectivity index is 3.54. The van der Waals surface area contributed by atoms with Gasteiger partial charge in [-0.3, -0.25) is 4.79 Å². The van der Waals surface area contributed by atoms with Gasteiger partial charge in [0, 0.05) is 0 Å². The molecule has 172 valence electrons. The number of benzene rings is 1. The van der Waals surface area contributed by atoms with Crippen molar-refractivity contribution in [3.05, 3.63) is 35.7 Å². The first kappa shape index (κ1) is 27.0. The van der Waals surface area contributed by atoms with Crippen LogP contribution < -0.4 is 9.64 Å². The van der Waals surface area contributed by atoms with Crippen molar-refractivity contribution in [2.24, 2.45) is 0 Å². The maximum Gasteiger partial charge on any atom is 0.226 e. The van der Waals surface area contributed by atoms with Crippen LogP contribution in [-0.4, -0.2) is 49.2 Å². The van der Waals surface area contributed by atoms with Crippen LogP contribution in [0.15, 0.2) is 24.3 Å². The highest BCUT2D eigenvalue weighted by atomic mass is 31.2. The molecule has 0 radical (unpaired) electrons. The topological polar surface area (TPSA) is 51.0 Å². The van der Waals surface area contributed by atoms with E-state index in [1.165, 1.54) is 4.90 Å². The van der Waals surface area contributed by atoms with E-state index in [0.29, 0.717) is 23.3 Å². The molecule has 0 N–H and O–H groups in total. The third-order valence-corrected chi connectivity index (χ3v) is 10.6. The van der Waals surface area contributed by atoms with E-state index in [0.717, 1.165) is 57.0 Å². The summed E-state index contributed by atoms with van der Waals surface area (Å²) in [5.41, 5.74) is 0.974. The molecule has 0 fully saturated rings. The lowest BCUT2D eigenvalue weighted by molar-refractivity contribution is -0.116. The third kappa shape index (κ3) is 6.97. The fourth-order valence-electron chi connectivity index (χ4n) is 3.94. The van der Waals surface area contributed by atoms with Gasteiger partial charge in [0.25, 0.3) is 0 Å². The number of carbonyl (C=O) groups excluding carboxylic acids is 2. The SMILES string of the molecule is [C-]#[N+]C(C(=O)C(C)N(C=O)c1ccccc1OC)=P(CCCC)(CCCC)CCCC. The van der Waals surface area contributed by atoms with Gasteiger partial charge in [0.2, 0.25) is 11.8 Å². The molecule has 0 aliphatic rings. The number of para-hydroxylation sites is 2. The van der Waals surface area contributed by atoms with Crippen molar-refractivity contribution in [2.45, 2.75) is 72.3 Å². The van der Waals surface area contributed by atoms with Crippen molar-refractivity contribution >= 4 is 30.2 Å². The molecule has 0 aliphatic heterocycles. The number of hydrogen-bond donors (Lipinski definition) is 0. The first-order chi connectivity index (χ1) is 15.0. The van der Waals surface area contributed by atoms with E-state index in [1.54, 1.807) is 26.2 Å². The minimum atomic E-state index is -1.89. The molecule has 1 atom stereocenters. The lowest BCUT2D eigenvalue weighted by Crippen LogP contribution is -2.41. The number of methoxy groups -OCH3 is 1. The molecule has 0 saturated carbocycles. The zero-order valence-electron chi connectivity index (χ0n) is 19.9. The summed E-state index contributed by atoms with van der Waals surface area (Å²) in [7, 11) is 1.54. The second-order valence-electron chi connectivity index (χ2n) is 8.04. The van der Waals surface area contributed by atoms with Crippen LogP contribution in [-0.2, 0) is 9.59 Å². The Bertz CT molecular complexity index is 785. The van der Waals surface area contributed by atoms with Crippen LogP contribution in [0.1, 0.15) is 66.2 Å². The predicted molar refractivity (Wildman–Crippen MR) is 134 cm³/mol. The minimum absolute atomic E-state index is 0.204. The quantitative estimate of drug-likeness (QED) is 0.186. The predicted octanol–water partition coefficient (Wildman–Crippen LogP) is 6.08. The van der Waals surface area contributed by atoms with E-state index in [-0.39, 0.29) is 5.78 Å². The van der Waals surface area contributed by atoms with Crippen molar-refractivity contribution < 1.29 is 14.3 Å². The Labute approximate surface area is 189 Å². The molecule has 1 unspecified atom stereocenters. The molecule has 1 aromatic rings. The molecule has 5 nitrogen and oxygen atoms in total. The van der Waals surface area contributed by atoms with Crippen LogP contribution in [0.3, 0.4) is 0 Å². The average Bonchev–Trinajstić information content (AvgIpc) is 2.80. The Morgan fingerprint density at radius 1 is 1.10 bits per heavy atom. The van der Waals surface area contributed by atoms with Crippen molar-refractivity contribution in [1.29, 1.82) is 0 Å². The van der Waals surface area contributed by atoms with E-state index >= 15 is 0 Å². The molecule has 1 rings (SSSR count). The first-order valence-electron chi connectivity index (χ1n) is 11.5. The number of ether oxygens (including phenoxy) is 1. The number of nitrogens with zero attached hydrogens (tertiary/aromatic N) is 2. The van der Waals surface area contributed by atoms with E-state index in [4.69, 9.17) is 11.3 Å². The number of Topliss-reactive ketones (excluding diaryl/α,β-unsaturated/α-hetero) is 1. The minimum Gasteiger partial charge on any atom is -0.495 e. The summed E-state index contributed by atoms with van der Waals surface area (Å²) in [4.78, 5) is 31.0. The number of hydrogen-bond acceptors (Lipinski definition) is 3. The lowest BCUT2D eigenvalue weighted by Gasteiger charge is -2.31. The van der Waals surface area contributed by atoms with Crippen molar-refractivity contribution in [1.82, 2.24) is 0 Å². The van der Waals surface area contributed by atoms with Gasteiger partial charge in [-0.1, -0.05) is 78.3 Å². The van der Waals surface area contributed by atoms with E-state index < -0.39 is 12.9 Å². The number of anilines is 1. The number of amides is 1. The van der Waals surface area contributed by atoms with E-state index in [2.05, 4.69) is 25.6 Å². The molecule has 0 saturated heterocycles. The first-order valence-corrected chi connectivity index (χ1v) is 13.8. The zero-order valence-corrected chi connectivity index (χ0v) is 20.8. The molecule has 1 amide bonds. The molecule has 0 heterocycles. The number of carbonyl (C=O) groups is 2. The Morgan fingerprint density at radius 2 is 1.61 bits per heavy atom. The van der Waals surface area contributed by atoms with Gasteiger partial charge in [0.1, 0.15) is 5.75 Å². The molecule has 0 aromatic heterocycles. The van der Waals surface area contributed by atoms with Crippen molar-refractivity contribution in [3.63, 3.8) is 0 Å². The second kappa shape index (κ2) is 14.1. The highest BCUT2D eigenvalue weighted by Gasteiger charge is 2.33. The summed E-state index contributed by atoms with van der Waals surface area (Å²) in [5, 5.41) is 0. The van der Waals surface area contributed by atoms with Gasteiger partial charge in [-0.25, -0.2) is 4.85 Å². The van der Waals surface area contributed by atoms with Gasteiger partial charge < -0.3 is 14.4 Å². The van der Waals surface area contributed by atoms with Gasteiger partial charge in [-0.2, -0.15) is 0 Å². The smallest absolute Gasteiger partial charge is 0.226 e. The van der Waals surface area contributed by atoms with Gasteiger partial charge in [-0.05, 0) is 37.5 Å². The zero-order chi connectivity index (χ0) is 23.3. The Morgan fingerprint density at radius 3 is 2.03 bits per heavy atom. The van der Waals surface area contributed by atoms with E-state index in [9.17, 15) is 9.59 Å². The third-order valence-electron chi connectivity index (χ3n) is 5.87. The Hall–Kier alpha value is -2.05. The monoisotopic (exact) mass is 446 g/mol. The summed E-state index contributed by atoms with van der Waals surface area (Å²) < 4.78 is 5.40. The summed E-state index contributed by atoms with van der Waals surface area (Å²) in [6, 6.07) is 6.42. The highest BCUT2D eigenvalue weighted by Crippen LogP contribution is 2.52. The van der Waals surface area contributed by atoms with Gasteiger partial charge in [-0.15, -0.1) is 0 Å². The van der Waals surface area contributed by atoms with Crippen LogP contribution in [0.25, 0.3) is 4.85 Å². The summed E-state index contributed by atoms with van der Waals surface area (Å²) in [6.07, 6.45) is 9.79. The lowest BCUT2D eigenvalue weighted by atomic mass is 10.1. The molecule has 1 aromatic carbocycles. The maximum atomic E-state index is 13.7. The summed E-state index contributed by atoms with van der Waals surface area (Å²) in [5.74, 6) is 0.326. The summed E-state index contributed by atoms with van der Waals surface area (Å²) >= 11 is 0. The highest BCUT2D eigenvalue weighted by molar-refractivity contribution is 7.78. The molecule has 6 heteroatoms. The average molecular weight is 447 g/mol. The summed E-state index contributed by atoms with van der Waals surface area (Å²) in [6.45, 7) is 14.3. The van der Waals surface area contributed by atoms with Crippen molar-refractivity contribution in [3.8, 4) is 5.75 Å². The van der Waals surface area contributed by atoms with Crippen LogP contribution in [0.2, 0.25) is 0 Å². The fraction of sp³-hybridized carbons (Fsp3) is 0.600. The molecule has 31 heavy (non-hydrogen) atoms. The Kier molecular flexibility index (Phi) is 12.3. The van der Waals surface area contributed by atoms with Gasteiger partial charge in [0.05, 0.1) is 25.4 Å². The van der Waals surface area contributed by atoms with Crippen molar-refractivity contribution in [2.75, 3.05) is 30.5 Å². The number of rotatable bonds is 15.